The van der Waals surface area contributed by atoms with Crippen molar-refractivity contribution >= 4 is 0 Å². The zero-order valence-electron chi connectivity index (χ0n) is 8.40. The van der Waals surface area contributed by atoms with Crippen LogP contribution in [-0.2, 0) is 0 Å². The Labute approximate surface area is 90.6 Å². The summed E-state index contributed by atoms with van der Waals surface area (Å²) in [5.74, 6) is 6.22. The lowest BCUT2D eigenvalue weighted by atomic mass is 10.1. The van der Waals surface area contributed by atoms with Gasteiger partial charge >= 0.3 is 0 Å². The molecule has 2 aromatic rings. The third kappa shape index (κ3) is 2.72. The van der Waals surface area contributed by atoms with Crippen molar-refractivity contribution in [3.63, 3.8) is 0 Å². The van der Waals surface area contributed by atoms with Gasteiger partial charge in [0.2, 0.25) is 0 Å². The Balaban J connectivity index is 2.22. The minimum absolute atomic E-state index is 1.01. The van der Waals surface area contributed by atoms with Crippen LogP contribution in [0.15, 0.2) is 54.6 Å². The van der Waals surface area contributed by atoms with Crippen LogP contribution < -0.4 is 0 Å². The second kappa shape index (κ2) is 4.48. The van der Waals surface area contributed by atoms with E-state index >= 15 is 0 Å². The quantitative estimate of drug-likeness (QED) is 0.561. The van der Waals surface area contributed by atoms with Gasteiger partial charge in [0.25, 0.3) is 0 Å². The van der Waals surface area contributed by atoms with Crippen LogP contribution in [0.3, 0.4) is 0 Å². The minimum atomic E-state index is 1.01. The first kappa shape index (κ1) is 9.55. The summed E-state index contributed by atoms with van der Waals surface area (Å²) < 4.78 is 0. The van der Waals surface area contributed by atoms with Crippen LogP contribution in [-0.4, -0.2) is 0 Å². The van der Waals surface area contributed by atoms with E-state index in [0.29, 0.717) is 0 Å². The standard InChI is InChI=1S/C15H11/c1-13-7-9-15(10-8-13)12-11-14-5-3-2-4-6-14/h2-10H,1H2. The molecule has 0 amide bonds. The van der Waals surface area contributed by atoms with E-state index in [1.807, 2.05) is 54.6 Å². The van der Waals surface area contributed by atoms with Crippen molar-refractivity contribution in [2.75, 3.05) is 0 Å². The summed E-state index contributed by atoms with van der Waals surface area (Å²) in [7, 11) is 0. The molecule has 0 saturated carbocycles. The highest BCUT2D eigenvalue weighted by Crippen LogP contribution is 2.02. The second-order valence-corrected chi connectivity index (χ2v) is 3.31. The van der Waals surface area contributed by atoms with Gasteiger partial charge in [-0.3, -0.25) is 0 Å². The van der Waals surface area contributed by atoms with Crippen LogP contribution in [0.4, 0.5) is 0 Å². The molecular weight excluding hydrogens is 180 g/mol. The predicted molar refractivity (Wildman–Crippen MR) is 63.3 cm³/mol. The van der Waals surface area contributed by atoms with Crippen LogP contribution >= 0.6 is 0 Å². The van der Waals surface area contributed by atoms with Crippen molar-refractivity contribution in [1.82, 2.24) is 0 Å². The molecule has 0 nitrogen and oxygen atoms in total. The fraction of sp³-hybridized carbons (Fsp3) is 0. The van der Waals surface area contributed by atoms with Crippen molar-refractivity contribution in [2.24, 2.45) is 0 Å². The van der Waals surface area contributed by atoms with E-state index in [1.54, 1.807) is 0 Å². The second-order valence-electron chi connectivity index (χ2n) is 3.31. The Morgan fingerprint density at radius 3 is 1.80 bits per heavy atom. The fourth-order valence-corrected chi connectivity index (χ4v) is 1.25. The Bertz CT molecular complexity index is 481. The molecule has 0 aliphatic heterocycles. The molecule has 0 heteroatoms. The van der Waals surface area contributed by atoms with E-state index in [1.165, 1.54) is 0 Å². The maximum atomic E-state index is 3.83. The van der Waals surface area contributed by atoms with Crippen molar-refractivity contribution in [3.05, 3.63) is 78.2 Å². The lowest BCUT2D eigenvalue weighted by Gasteiger charge is -1.91. The number of hydrogen-bond donors (Lipinski definition) is 0. The van der Waals surface area contributed by atoms with Crippen LogP contribution in [0.25, 0.3) is 0 Å². The van der Waals surface area contributed by atoms with Crippen LogP contribution in [0.2, 0.25) is 0 Å². The van der Waals surface area contributed by atoms with Crippen molar-refractivity contribution in [2.45, 2.75) is 0 Å². The average molecular weight is 191 g/mol. The lowest BCUT2D eigenvalue weighted by Crippen LogP contribution is -1.76. The normalized spacial score (nSPS) is 9.13. The smallest absolute Gasteiger partial charge is 0.0249 e. The summed E-state index contributed by atoms with van der Waals surface area (Å²) in [6, 6.07) is 17.9. The Morgan fingerprint density at radius 1 is 0.667 bits per heavy atom. The Kier molecular flexibility index (Phi) is 2.85. The molecule has 0 spiro atoms. The van der Waals surface area contributed by atoms with E-state index in [0.717, 1.165) is 16.7 Å². The summed E-state index contributed by atoms with van der Waals surface area (Å²) in [6.07, 6.45) is 0. The maximum absolute atomic E-state index is 3.83. The third-order valence-corrected chi connectivity index (χ3v) is 2.08. The molecule has 1 radical (unpaired) electrons. The van der Waals surface area contributed by atoms with Crippen molar-refractivity contribution < 1.29 is 0 Å². The molecule has 71 valence electrons. The first-order chi connectivity index (χ1) is 7.34. The summed E-state index contributed by atoms with van der Waals surface area (Å²) >= 11 is 0. The SMILES string of the molecule is [CH2]c1ccc(C#Cc2ccccc2)cc1. The molecule has 0 saturated heterocycles. The summed E-state index contributed by atoms with van der Waals surface area (Å²) in [6.45, 7) is 3.83. The molecule has 0 aromatic heterocycles. The van der Waals surface area contributed by atoms with Gasteiger partial charge in [0.05, 0.1) is 0 Å². The van der Waals surface area contributed by atoms with Crippen LogP contribution in [0.5, 0.6) is 0 Å². The van der Waals surface area contributed by atoms with Gasteiger partial charge in [0.1, 0.15) is 0 Å². The van der Waals surface area contributed by atoms with Crippen molar-refractivity contribution in [1.29, 1.82) is 0 Å². The molecule has 0 aliphatic carbocycles. The highest BCUT2D eigenvalue weighted by Gasteiger charge is 1.86. The molecule has 15 heavy (non-hydrogen) atoms. The molecule has 2 aromatic carbocycles. The number of benzene rings is 2. The van der Waals surface area contributed by atoms with E-state index < -0.39 is 0 Å². The van der Waals surface area contributed by atoms with Gasteiger partial charge in [-0.05, 0) is 36.8 Å². The number of rotatable bonds is 0. The molecule has 0 unspecified atom stereocenters. The van der Waals surface area contributed by atoms with Gasteiger partial charge < -0.3 is 0 Å². The summed E-state index contributed by atoms with van der Waals surface area (Å²) in [5.41, 5.74) is 3.07. The van der Waals surface area contributed by atoms with Gasteiger partial charge in [-0.2, -0.15) is 0 Å². The van der Waals surface area contributed by atoms with E-state index in [2.05, 4.69) is 18.8 Å². The van der Waals surface area contributed by atoms with Gasteiger partial charge in [-0.25, -0.2) is 0 Å². The monoisotopic (exact) mass is 191 g/mol. The fourth-order valence-electron chi connectivity index (χ4n) is 1.25. The van der Waals surface area contributed by atoms with Crippen molar-refractivity contribution in [3.8, 4) is 11.8 Å². The molecule has 0 aliphatic rings. The highest BCUT2D eigenvalue weighted by atomic mass is 13.9. The molecule has 0 N–H and O–H groups in total. The van der Waals surface area contributed by atoms with E-state index in [9.17, 15) is 0 Å². The zero-order chi connectivity index (χ0) is 10.5. The largest absolute Gasteiger partial charge is 0.0622 e. The first-order valence-electron chi connectivity index (χ1n) is 4.84. The van der Waals surface area contributed by atoms with Crippen LogP contribution in [0, 0.1) is 18.8 Å². The molecule has 0 bridgehead atoms. The van der Waals surface area contributed by atoms with Gasteiger partial charge in [-0.15, -0.1) is 0 Å². The Morgan fingerprint density at radius 2 is 1.20 bits per heavy atom. The minimum Gasteiger partial charge on any atom is -0.0622 e. The first-order valence-corrected chi connectivity index (χ1v) is 4.84. The molecule has 0 fully saturated rings. The van der Waals surface area contributed by atoms with E-state index in [-0.39, 0.29) is 0 Å². The van der Waals surface area contributed by atoms with Gasteiger partial charge in [0, 0.05) is 11.1 Å². The summed E-state index contributed by atoms with van der Waals surface area (Å²) in [5, 5.41) is 0. The van der Waals surface area contributed by atoms with E-state index in [4.69, 9.17) is 0 Å². The predicted octanol–water partition coefficient (Wildman–Crippen LogP) is 3.27. The molecule has 2 rings (SSSR count). The number of hydrogen-bond acceptors (Lipinski definition) is 0. The molecule has 0 heterocycles. The molecular formula is C15H11. The average Bonchev–Trinajstić information content (AvgIpc) is 2.30. The maximum Gasteiger partial charge on any atom is 0.0249 e. The topological polar surface area (TPSA) is 0 Å². The van der Waals surface area contributed by atoms with Gasteiger partial charge in [-0.1, -0.05) is 42.2 Å². The highest BCUT2D eigenvalue weighted by molar-refractivity contribution is 5.43. The molecule has 0 atom stereocenters. The zero-order valence-corrected chi connectivity index (χ0v) is 8.40. The Hall–Kier alpha value is -2.00. The van der Waals surface area contributed by atoms with Crippen LogP contribution in [0.1, 0.15) is 16.7 Å². The van der Waals surface area contributed by atoms with Gasteiger partial charge in [0.15, 0.2) is 0 Å². The lowest BCUT2D eigenvalue weighted by molar-refractivity contribution is 1.57. The third-order valence-electron chi connectivity index (χ3n) is 2.08. The summed E-state index contributed by atoms with van der Waals surface area (Å²) in [4.78, 5) is 0.